The Labute approximate surface area is 153 Å². The van der Waals surface area contributed by atoms with Crippen molar-refractivity contribution in [2.45, 2.75) is 32.8 Å². The maximum absolute atomic E-state index is 12.2. The molecule has 2 aromatic carbocycles. The predicted octanol–water partition coefficient (Wildman–Crippen LogP) is 3.79. The lowest BCUT2D eigenvalue weighted by Gasteiger charge is -2.19. The number of carbonyl (C=O) groups excluding carboxylic acids is 2. The number of hydrogen-bond acceptors (Lipinski definition) is 4. The number of ether oxygens (including phenoxy) is 1. The van der Waals surface area contributed by atoms with Gasteiger partial charge in [0.05, 0.1) is 0 Å². The number of rotatable bonds is 5. The number of para-hydroxylation sites is 1. The summed E-state index contributed by atoms with van der Waals surface area (Å²) in [6, 6.07) is 15.0. The summed E-state index contributed by atoms with van der Waals surface area (Å²) in [6.45, 7) is 5.55. The van der Waals surface area contributed by atoms with E-state index in [1.54, 1.807) is 20.8 Å². The molecule has 0 aromatic heterocycles. The number of nitrogen functional groups attached to an aromatic ring is 1. The van der Waals surface area contributed by atoms with Crippen LogP contribution >= 0.6 is 0 Å². The summed E-state index contributed by atoms with van der Waals surface area (Å²) in [6.07, 6.45) is -0.387. The van der Waals surface area contributed by atoms with Crippen LogP contribution in [0.1, 0.15) is 27.2 Å². The minimum atomic E-state index is -0.565. The molecule has 6 nitrogen and oxygen atoms in total. The van der Waals surface area contributed by atoms with Crippen molar-refractivity contribution in [1.82, 2.24) is 5.32 Å². The molecule has 0 aliphatic heterocycles. The lowest BCUT2D eigenvalue weighted by molar-refractivity contribution is -0.116. The van der Waals surface area contributed by atoms with Crippen LogP contribution in [0.25, 0.3) is 11.1 Å². The maximum Gasteiger partial charge on any atom is 0.407 e. The van der Waals surface area contributed by atoms with Gasteiger partial charge in [-0.2, -0.15) is 0 Å². The van der Waals surface area contributed by atoms with E-state index in [0.717, 1.165) is 11.1 Å². The Hall–Kier alpha value is -3.02. The highest BCUT2D eigenvalue weighted by molar-refractivity contribution is 5.95. The van der Waals surface area contributed by atoms with E-state index in [0.29, 0.717) is 11.4 Å². The molecule has 0 saturated heterocycles. The minimum Gasteiger partial charge on any atom is -0.444 e. The van der Waals surface area contributed by atoms with Gasteiger partial charge in [-0.15, -0.1) is 0 Å². The van der Waals surface area contributed by atoms with Crippen molar-refractivity contribution in [3.05, 3.63) is 48.5 Å². The lowest BCUT2D eigenvalue weighted by atomic mass is 10.0. The Balaban J connectivity index is 1.93. The van der Waals surface area contributed by atoms with E-state index in [4.69, 9.17) is 10.5 Å². The Morgan fingerprint density at radius 2 is 1.69 bits per heavy atom. The molecular formula is C20H25N3O3. The van der Waals surface area contributed by atoms with Gasteiger partial charge in [0.2, 0.25) is 5.91 Å². The normalized spacial score (nSPS) is 10.9. The molecule has 0 aliphatic carbocycles. The van der Waals surface area contributed by atoms with E-state index in [2.05, 4.69) is 10.6 Å². The van der Waals surface area contributed by atoms with Gasteiger partial charge in [0.1, 0.15) is 5.60 Å². The third-order valence-electron chi connectivity index (χ3n) is 3.44. The van der Waals surface area contributed by atoms with E-state index in [9.17, 15) is 9.59 Å². The Bertz CT molecular complexity index is 765. The fraction of sp³-hybridized carbons (Fsp3) is 0.300. The summed E-state index contributed by atoms with van der Waals surface area (Å²) in [4.78, 5) is 23.8. The van der Waals surface area contributed by atoms with Crippen LogP contribution in [-0.4, -0.2) is 24.1 Å². The first-order valence-electron chi connectivity index (χ1n) is 8.46. The van der Waals surface area contributed by atoms with Crippen molar-refractivity contribution in [3.8, 4) is 11.1 Å². The fourth-order valence-corrected chi connectivity index (χ4v) is 2.31. The van der Waals surface area contributed by atoms with Gasteiger partial charge in [-0.25, -0.2) is 4.79 Å². The molecule has 0 aliphatic rings. The van der Waals surface area contributed by atoms with Gasteiger partial charge in [0, 0.05) is 29.9 Å². The maximum atomic E-state index is 12.2. The van der Waals surface area contributed by atoms with E-state index in [-0.39, 0.29) is 18.9 Å². The van der Waals surface area contributed by atoms with Crippen molar-refractivity contribution in [2.75, 3.05) is 17.6 Å². The van der Waals surface area contributed by atoms with Crippen LogP contribution in [0.2, 0.25) is 0 Å². The van der Waals surface area contributed by atoms with Crippen LogP contribution in [0.5, 0.6) is 0 Å². The van der Waals surface area contributed by atoms with E-state index < -0.39 is 11.7 Å². The van der Waals surface area contributed by atoms with Gasteiger partial charge in [-0.3, -0.25) is 4.79 Å². The van der Waals surface area contributed by atoms with E-state index >= 15 is 0 Å². The number of nitrogens with one attached hydrogen (secondary N) is 2. The second kappa shape index (κ2) is 8.38. The standard InChI is InChI=1S/C20H25N3O3/c1-20(2,3)26-19(25)22-13-12-18(24)23-17-7-5-4-6-16(17)14-8-10-15(21)11-9-14/h4-11H,12-13,21H2,1-3H3,(H,22,25)(H,23,24). The lowest BCUT2D eigenvalue weighted by Crippen LogP contribution is -2.34. The number of amides is 2. The van der Waals surface area contributed by atoms with Crippen LogP contribution in [0.15, 0.2) is 48.5 Å². The number of alkyl carbamates (subject to hydrolysis) is 1. The number of nitrogens with two attached hydrogens (primary N) is 1. The first-order chi connectivity index (χ1) is 12.2. The summed E-state index contributed by atoms with van der Waals surface area (Å²) in [5, 5.41) is 5.46. The molecule has 138 valence electrons. The number of hydrogen-bond donors (Lipinski definition) is 3. The third-order valence-corrected chi connectivity index (χ3v) is 3.44. The van der Waals surface area contributed by atoms with Gasteiger partial charge >= 0.3 is 6.09 Å². The first-order valence-corrected chi connectivity index (χ1v) is 8.46. The van der Waals surface area contributed by atoms with Crippen LogP contribution in [0.4, 0.5) is 16.2 Å². The SMILES string of the molecule is CC(C)(C)OC(=O)NCCC(=O)Nc1ccccc1-c1ccc(N)cc1. The predicted molar refractivity (Wildman–Crippen MR) is 104 cm³/mol. The van der Waals surface area contributed by atoms with E-state index in [1.165, 1.54) is 0 Å². The molecule has 4 N–H and O–H groups in total. The molecule has 26 heavy (non-hydrogen) atoms. The zero-order valence-electron chi connectivity index (χ0n) is 15.3. The van der Waals surface area contributed by atoms with Crippen molar-refractivity contribution < 1.29 is 14.3 Å². The molecule has 2 amide bonds. The average Bonchev–Trinajstić information content (AvgIpc) is 2.54. The smallest absolute Gasteiger partial charge is 0.407 e. The Morgan fingerprint density at radius 3 is 2.35 bits per heavy atom. The minimum absolute atomic E-state index is 0.148. The molecule has 0 saturated carbocycles. The molecule has 0 spiro atoms. The number of benzene rings is 2. The summed E-state index contributed by atoms with van der Waals surface area (Å²) in [5.74, 6) is -0.191. The Morgan fingerprint density at radius 1 is 1.04 bits per heavy atom. The molecule has 0 heterocycles. The highest BCUT2D eigenvalue weighted by atomic mass is 16.6. The van der Waals surface area contributed by atoms with Gasteiger partial charge in [-0.05, 0) is 44.5 Å². The van der Waals surface area contributed by atoms with Crippen LogP contribution in [0, 0.1) is 0 Å². The number of carbonyl (C=O) groups is 2. The highest BCUT2D eigenvalue weighted by Gasteiger charge is 2.16. The van der Waals surface area contributed by atoms with Gasteiger partial charge < -0.3 is 21.1 Å². The summed E-state index contributed by atoms with van der Waals surface area (Å²) in [5.41, 5.74) is 8.42. The molecule has 0 radical (unpaired) electrons. The molecule has 0 unspecified atom stereocenters. The van der Waals surface area contributed by atoms with Crippen molar-refractivity contribution in [3.63, 3.8) is 0 Å². The van der Waals surface area contributed by atoms with Gasteiger partial charge in [0.25, 0.3) is 0 Å². The third kappa shape index (κ3) is 6.12. The van der Waals surface area contributed by atoms with Crippen molar-refractivity contribution in [1.29, 1.82) is 0 Å². The zero-order valence-corrected chi connectivity index (χ0v) is 15.3. The molecule has 0 bridgehead atoms. The summed E-state index contributed by atoms with van der Waals surface area (Å²) in [7, 11) is 0. The van der Waals surface area contributed by atoms with Crippen molar-refractivity contribution in [2.24, 2.45) is 0 Å². The molecule has 2 rings (SSSR count). The largest absolute Gasteiger partial charge is 0.444 e. The fourth-order valence-electron chi connectivity index (χ4n) is 2.31. The van der Waals surface area contributed by atoms with Crippen molar-refractivity contribution >= 4 is 23.4 Å². The second-order valence-corrected chi connectivity index (χ2v) is 6.89. The van der Waals surface area contributed by atoms with Gasteiger partial charge in [-0.1, -0.05) is 30.3 Å². The molecule has 0 atom stereocenters. The van der Waals surface area contributed by atoms with Crippen LogP contribution in [-0.2, 0) is 9.53 Å². The highest BCUT2D eigenvalue weighted by Crippen LogP contribution is 2.28. The van der Waals surface area contributed by atoms with Gasteiger partial charge in [0.15, 0.2) is 0 Å². The number of anilines is 2. The molecule has 6 heteroatoms. The second-order valence-electron chi connectivity index (χ2n) is 6.89. The molecule has 0 fully saturated rings. The first kappa shape index (κ1) is 19.3. The Kier molecular flexibility index (Phi) is 6.22. The quantitative estimate of drug-likeness (QED) is 0.711. The van der Waals surface area contributed by atoms with Crippen LogP contribution < -0.4 is 16.4 Å². The summed E-state index contributed by atoms with van der Waals surface area (Å²) < 4.78 is 5.13. The zero-order chi connectivity index (χ0) is 19.2. The molecular weight excluding hydrogens is 330 g/mol. The van der Waals surface area contributed by atoms with Crippen LogP contribution in [0.3, 0.4) is 0 Å². The monoisotopic (exact) mass is 355 g/mol. The molecule has 2 aromatic rings. The topological polar surface area (TPSA) is 93.4 Å². The van der Waals surface area contributed by atoms with E-state index in [1.807, 2.05) is 48.5 Å². The summed E-state index contributed by atoms with van der Waals surface area (Å²) >= 11 is 0. The average molecular weight is 355 g/mol.